The van der Waals surface area contributed by atoms with Gasteiger partial charge in [-0.05, 0) is 29.6 Å². The van der Waals surface area contributed by atoms with Crippen molar-refractivity contribution in [1.82, 2.24) is 9.80 Å². The smallest absolute Gasteiger partial charge is 0.338 e. The Morgan fingerprint density at radius 2 is 1.77 bits per heavy atom. The van der Waals surface area contributed by atoms with Crippen LogP contribution >= 0.6 is 22.9 Å². The predicted molar refractivity (Wildman–Crippen MR) is 98.5 cm³/mol. The van der Waals surface area contributed by atoms with Gasteiger partial charge in [-0.25, -0.2) is 4.79 Å². The molecule has 1 aromatic heterocycles. The molecule has 0 saturated carbocycles. The second-order valence-electron chi connectivity index (χ2n) is 5.74. The summed E-state index contributed by atoms with van der Waals surface area (Å²) in [6.07, 6.45) is 0. The molecule has 1 aliphatic rings. The average molecular weight is 393 g/mol. The zero-order chi connectivity index (χ0) is 18.5. The number of hydrogen-bond donors (Lipinski definition) is 0. The van der Waals surface area contributed by atoms with Crippen LogP contribution in [0.2, 0.25) is 5.02 Å². The predicted octanol–water partition coefficient (Wildman–Crippen LogP) is 2.54. The Balaban J connectivity index is 1.46. The molecule has 0 N–H and O–H groups in total. The van der Waals surface area contributed by atoms with Gasteiger partial charge < -0.3 is 14.5 Å². The number of piperazine rings is 1. The van der Waals surface area contributed by atoms with Crippen LogP contribution in [0, 0.1) is 0 Å². The molecule has 1 aliphatic heterocycles. The quantitative estimate of drug-likeness (QED) is 0.750. The van der Waals surface area contributed by atoms with Crippen molar-refractivity contribution in [3.8, 4) is 0 Å². The number of benzene rings is 1. The first kappa shape index (κ1) is 18.4. The Kier molecular flexibility index (Phi) is 5.90. The highest BCUT2D eigenvalue weighted by atomic mass is 35.5. The SMILES string of the molecule is O=C(OCC(=O)N1CCN(C(=O)c2cccs2)CC1)c1cccc(Cl)c1. The fourth-order valence-electron chi connectivity index (χ4n) is 2.63. The Bertz CT molecular complexity index is 801. The summed E-state index contributed by atoms with van der Waals surface area (Å²) in [6.45, 7) is 1.44. The van der Waals surface area contributed by atoms with Crippen molar-refractivity contribution in [2.75, 3.05) is 32.8 Å². The van der Waals surface area contributed by atoms with Crippen molar-refractivity contribution < 1.29 is 19.1 Å². The minimum absolute atomic E-state index is 0.0144. The van der Waals surface area contributed by atoms with Crippen LogP contribution < -0.4 is 0 Å². The van der Waals surface area contributed by atoms with E-state index in [1.165, 1.54) is 17.4 Å². The van der Waals surface area contributed by atoms with Gasteiger partial charge in [0.15, 0.2) is 6.61 Å². The third-order valence-electron chi connectivity index (χ3n) is 4.04. The van der Waals surface area contributed by atoms with E-state index in [-0.39, 0.29) is 18.4 Å². The van der Waals surface area contributed by atoms with Crippen LogP contribution in [-0.2, 0) is 9.53 Å². The van der Waals surface area contributed by atoms with Crippen molar-refractivity contribution >= 4 is 40.7 Å². The second kappa shape index (κ2) is 8.33. The van der Waals surface area contributed by atoms with Gasteiger partial charge in [0.05, 0.1) is 10.4 Å². The number of esters is 1. The summed E-state index contributed by atoms with van der Waals surface area (Å²) in [5.41, 5.74) is 0.302. The molecule has 0 bridgehead atoms. The lowest BCUT2D eigenvalue weighted by atomic mass is 10.2. The molecule has 6 nitrogen and oxygen atoms in total. The van der Waals surface area contributed by atoms with Crippen molar-refractivity contribution in [3.05, 3.63) is 57.2 Å². The first-order chi connectivity index (χ1) is 12.5. The maximum absolute atomic E-state index is 12.3. The molecule has 2 heterocycles. The number of nitrogens with zero attached hydrogens (tertiary/aromatic N) is 2. The third kappa shape index (κ3) is 4.42. The van der Waals surface area contributed by atoms with Gasteiger partial charge in [-0.15, -0.1) is 11.3 Å². The molecule has 3 rings (SSSR count). The van der Waals surface area contributed by atoms with E-state index >= 15 is 0 Å². The zero-order valence-corrected chi connectivity index (χ0v) is 15.5. The molecule has 8 heteroatoms. The molecule has 1 aromatic carbocycles. The number of ether oxygens (including phenoxy) is 1. The van der Waals surface area contributed by atoms with E-state index in [4.69, 9.17) is 16.3 Å². The van der Waals surface area contributed by atoms with Crippen molar-refractivity contribution in [3.63, 3.8) is 0 Å². The summed E-state index contributed by atoms with van der Waals surface area (Å²) < 4.78 is 5.06. The molecule has 0 radical (unpaired) electrons. The Morgan fingerprint density at radius 1 is 1.04 bits per heavy atom. The maximum atomic E-state index is 12.3. The van der Waals surface area contributed by atoms with Crippen LogP contribution in [-0.4, -0.2) is 60.4 Å². The molecule has 2 amide bonds. The molecule has 1 saturated heterocycles. The van der Waals surface area contributed by atoms with Gasteiger partial charge in [-0.1, -0.05) is 23.7 Å². The van der Waals surface area contributed by atoms with Gasteiger partial charge >= 0.3 is 5.97 Å². The number of hydrogen-bond acceptors (Lipinski definition) is 5. The standard InChI is InChI=1S/C18H17ClN2O4S/c19-14-4-1-3-13(11-14)18(24)25-12-16(22)20-6-8-21(9-7-20)17(23)15-5-2-10-26-15/h1-5,10-11H,6-9,12H2. The molecule has 1 fully saturated rings. The van der Waals surface area contributed by atoms with Crippen LogP contribution in [0.4, 0.5) is 0 Å². The first-order valence-corrected chi connectivity index (χ1v) is 9.33. The number of thiophene rings is 1. The highest BCUT2D eigenvalue weighted by Gasteiger charge is 2.25. The fraction of sp³-hybridized carbons (Fsp3) is 0.278. The van der Waals surface area contributed by atoms with Crippen LogP contribution in [0.1, 0.15) is 20.0 Å². The second-order valence-corrected chi connectivity index (χ2v) is 7.12. The summed E-state index contributed by atoms with van der Waals surface area (Å²) in [6, 6.07) is 9.99. The normalized spacial score (nSPS) is 14.2. The van der Waals surface area contributed by atoms with E-state index in [0.29, 0.717) is 41.6 Å². The molecule has 0 unspecified atom stereocenters. The van der Waals surface area contributed by atoms with Gasteiger partial charge in [0.25, 0.3) is 11.8 Å². The zero-order valence-electron chi connectivity index (χ0n) is 13.9. The van der Waals surface area contributed by atoms with E-state index in [1.807, 2.05) is 11.4 Å². The number of carbonyl (C=O) groups is 3. The van der Waals surface area contributed by atoms with Crippen molar-refractivity contribution in [1.29, 1.82) is 0 Å². The molecule has 136 valence electrons. The van der Waals surface area contributed by atoms with Gasteiger partial charge in [-0.3, -0.25) is 9.59 Å². The van der Waals surface area contributed by atoms with Crippen LogP contribution in [0.5, 0.6) is 0 Å². The van der Waals surface area contributed by atoms with Crippen molar-refractivity contribution in [2.45, 2.75) is 0 Å². The minimum atomic E-state index is -0.590. The van der Waals surface area contributed by atoms with Crippen molar-refractivity contribution in [2.24, 2.45) is 0 Å². The topological polar surface area (TPSA) is 66.9 Å². The summed E-state index contributed by atoms with van der Waals surface area (Å²) in [7, 11) is 0. The monoisotopic (exact) mass is 392 g/mol. The van der Waals surface area contributed by atoms with E-state index < -0.39 is 5.97 Å². The van der Waals surface area contributed by atoms with Gasteiger partial charge in [0.1, 0.15) is 0 Å². The summed E-state index contributed by atoms with van der Waals surface area (Å²) in [4.78, 5) is 40.5. The summed E-state index contributed by atoms with van der Waals surface area (Å²) in [5.74, 6) is -0.879. The van der Waals surface area contributed by atoms with E-state index in [2.05, 4.69) is 0 Å². The van der Waals surface area contributed by atoms with Gasteiger partial charge in [0.2, 0.25) is 0 Å². The lowest BCUT2D eigenvalue weighted by Gasteiger charge is -2.34. The lowest BCUT2D eigenvalue weighted by Crippen LogP contribution is -2.51. The number of halogens is 1. The first-order valence-electron chi connectivity index (χ1n) is 8.08. The average Bonchev–Trinajstić information content (AvgIpc) is 3.20. The van der Waals surface area contributed by atoms with E-state index in [9.17, 15) is 14.4 Å². The largest absolute Gasteiger partial charge is 0.452 e. The number of rotatable bonds is 4. The Morgan fingerprint density at radius 3 is 2.42 bits per heavy atom. The molecular formula is C18H17ClN2O4S. The van der Waals surface area contributed by atoms with Crippen LogP contribution in [0.25, 0.3) is 0 Å². The van der Waals surface area contributed by atoms with Crippen LogP contribution in [0.3, 0.4) is 0 Å². The fourth-order valence-corrected chi connectivity index (χ4v) is 3.51. The molecule has 0 spiro atoms. The van der Waals surface area contributed by atoms with Gasteiger partial charge in [0, 0.05) is 31.2 Å². The molecule has 26 heavy (non-hydrogen) atoms. The van der Waals surface area contributed by atoms with Gasteiger partial charge in [-0.2, -0.15) is 0 Å². The number of amides is 2. The highest BCUT2D eigenvalue weighted by molar-refractivity contribution is 7.12. The molecular weight excluding hydrogens is 376 g/mol. The molecule has 0 aliphatic carbocycles. The summed E-state index contributed by atoms with van der Waals surface area (Å²) in [5, 5.41) is 2.29. The minimum Gasteiger partial charge on any atom is -0.452 e. The summed E-state index contributed by atoms with van der Waals surface area (Å²) >= 11 is 7.24. The third-order valence-corrected chi connectivity index (χ3v) is 5.13. The number of carbonyl (C=O) groups excluding carboxylic acids is 3. The van der Waals surface area contributed by atoms with E-state index in [0.717, 1.165) is 0 Å². The molecule has 0 atom stereocenters. The Hall–Kier alpha value is -2.38. The van der Waals surface area contributed by atoms with E-state index in [1.54, 1.807) is 34.1 Å². The lowest BCUT2D eigenvalue weighted by molar-refractivity contribution is -0.136. The Labute approximate surface area is 159 Å². The van der Waals surface area contributed by atoms with Crippen LogP contribution in [0.15, 0.2) is 41.8 Å². The highest BCUT2D eigenvalue weighted by Crippen LogP contribution is 2.14. The maximum Gasteiger partial charge on any atom is 0.338 e. The molecule has 2 aromatic rings.